The van der Waals surface area contributed by atoms with Crippen LogP contribution in [-0.2, 0) is 0 Å². The molecule has 0 bridgehead atoms. The van der Waals surface area contributed by atoms with Crippen molar-refractivity contribution in [3.8, 4) is 0 Å². The van der Waals surface area contributed by atoms with Crippen molar-refractivity contribution < 1.29 is 0 Å². The number of aryl methyl sites for hydroxylation is 1. The van der Waals surface area contributed by atoms with Crippen LogP contribution in [0.3, 0.4) is 0 Å². The van der Waals surface area contributed by atoms with Gasteiger partial charge in [-0.25, -0.2) is 0 Å². The number of hydrogen-bond acceptors (Lipinski definition) is 1. The first kappa shape index (κ1) is 13.6. The van der Waals surface area contributed by atoms with Gasteiger partial charge in [0.05, 0.1) is 0 Å². The van der Waals surface area contributed by atoms with Gasteiger partial charge in [0.2, 0.25) is 0 Å². The van der Waals surface area contributed by atoms with Crippen LogP contribution in [0, 0.1) is 12.3 Å². The number of hydrogen-bond donors (Lipinski definition) is 1. The highest BCUT2D eigenvalue weighted by molar-refractivity contribution is 5.28. The summed E-state index contributed by atoms with van der Waals surface area (Å²) in [4.78, 5) is 0. The van der Waals surface area contributed by atoms with E-state index in [0.717, 1.165) is 0 Å². The van der Waals surface area contributed by atoms with E-state index in [1.807, 2.05) is 0 Å². The van der Waals surface area contributed by atoms with Gasteiger partial charge in [0.15, 0.2) is 0 Å². The Balaban J connectivity index is 1.99. The average Bonchev–Trinajstić information content (AvgIpc) is 2.28. The van der Waals surface area contributed by atoms with Crippen LogP contribution >= 0.6 is 0 Å². The lowest BCUT2D eigenvalue weighted by Crippen LogP contribution is -2.38. The molecule has 0 saturated heterocycles. The molecule has 1 unspecified atom stereocenters. The first-order valence-corrected chi connectivity index (χ1v) is 7.29. The van der Waals surface area contributed by atoms with Gasteiger partial charge < -0.3 is 5.32 Å². The van der Waals surface area contributed by atoms with Crippen molar-refractivity contribution in [2.24, 2.45) is 5.41 Å². The molecule has 1 fully saturated rings. The molecule has 1 heteroatoms. The Morgan fingerprint density at radius 1 is 1.28 bits per heavy atom. The first-order valence-electron chi connectivity index (χ1n) is 7.29. The van der Waals surface area contributed by atoms with E-state index in [9.17, 15) is 0 Å². The molecular weight excluding hydrogens is 218 g/mol. The van der Waals surface area contributed by atoms with E-state index < -0.39 is 0 Å². The fourth-order valence-electron chi connectivity index (χ4n) is 3.36. The first-order chi connectivity index (χ1) is 8.48. The summed E-state index contributed by atoms with van der Waals surface area (Å²) in [6.45, 7) is 9.31. The standard InChI is InChI=1S/C17H27N/c1-13-8-5-6-10-16(13)14(2)18-15-9-7-11-17(3,4)12-15/h5-6,8,10,14-15,18H,7,9,11-12H2,1-4H3/t14-,15?/m0/s1. The minimum Gasteiger partial charge on any atom is -0.307 e. The average molecular weight is 245 g/mol. The van der Waals surface area contributed by atoms with Crippen LogP contribution in [0.4, 0.5) is 0 Å². The second kappa shape index (κ2) is 5.44. The van der Waals surface area contributed by atoms with E-state index in [-0.39, 0.29) is 0 Å². The molecule has 1 aromatic rings. The van der Waals surface area contributed by atoms with Gasteiger partial charge in [-0.3, -0.25) is 0 Å². The fraction of sp³-hybridized carbons (Fsp3) is 0.647. The second-order valence-corrected chi connectivity index (χ2v) is 6.70. The highest BCUT2D eigenvalue weighted by atomic mass is 14.9. The summed E-state index contributed by atoms with van der Waals surface area (Å²) < 4.78 is 0. The smallest absolute Gasteiger partial charge is 0.0296 e. The van der Waals surface area contributed by atoms with E-state index in [0.29, 0.717) is 17.5 Å². The van der Waals surface area contributed by atoms with Crippen molar-refractivity contribution in [3.63, 3.8) is 0 Å². The Hall–Kier alpha value is -0.820. The van der Waals surface area contributed by atoms with Crippen LogP contribution in [0.15, 0.2) is 24.3 Å². The molecular formula is C17H27N. The molecule has 100 valence electrons. The molecule has 0 radical (unpaired) electrons. The minimum atomic E-state index is 0.463. The molecule has 0 aliphatic heterocycles. The summed E-state index contributed by atoms with van der Waals surface area (Å²) >= 11 is 0. The number of rotatable bonds is 3. The highest BCUT2D eigenvalue weighted by Gasteiger charge is 2.28. The van der Waals surface area contributed by atoms with Crippen LogP contribution in [0.5, 0.6) is 0 Å². The van der Waals surface area contributed by atoms with Crippen molar-refractivity contribution >= 4 is 0 Å². The Kier molecular flexibility index (Phi) is 4.11. The van der Waals surface area contributed by atoms with Gasteiger partial charge in [-0.05, 0) is 49.7 Å². The Morgan fingerprint density at radius 3 is 2.67 bits per heavy atom. The third-order valence-corrected chi connectivity index (χ3v) is 4.35. The van der Waals surface area contributed by atoms with Crippen molar-refractivity contribution in [2.45, 2.75) is 65.5 Å². The summed E-state index contributed by atoms with van der Waals surface area (Å²) in [5.41, 5.74) is 3.36. The second-order valence-electron chi connectivity index (χ2n) is 6.70. The van der Waals surface area contributed by atoms with Crippen LogP contribution in [0.2, 0.25) is 0 Å². The highest BCUT2D eigenvalue weighted by Crippen LogP contribution is 2.36. The number of benzene rings is 1. The van der Waals surface area contributed by atoms with Crippen molar-refractivity contribution in [2.75, 3.05) is 0 Å². The molecule has 1 aromatic carbocycles. The normalized spacial score (nSPS) is 24.8. The van der Waals surface area contributed by atoms with Crippen LogP contribution in [0.1, 0.15) is 63.6 Å². The molecule has 0 aromatic heterocycles. The fourth-order valence-corrected chi connectivity index (χ4v) is 3.36. The van der Waals surface area contributed by atoms with Crippen LogP contribution in [-0.4, -0.2) is 6.04 Å². The Labute approximate surface area is 112 Å². The minimum absolute atomic E-state index is 0.463. The predicted molar refractivity (Wildman–Crippen MR) is 78.8 cm³/mol. The van der Waals surface area contributed by atoms with Gasteiger partial charge in [-0.15, -0.1) is 0 Å². The van der Waals surface area contributed by atoms with Crippen molar-refractivity contribution in [1.82, 2.24) is 5.32 Å². The van der Waals surface area contributed by atoms with Gasteiger partial charge >= 0.3 is 0 Å². The van der Waals surface area contributed by atoms with E-state index in [2.05, 4.69) is 57.3 Å². The summed E-state index contributed by atoms with van der Waals surface area (Å²) in [5, 5.41) is 3.83. The topological polar surface area (TPSA) is 12.0 Å². The molecule has 1 saturated carbocycles. The quantitative estimate of drug-likeness (QED) is 0.819. The SMILES string of the molecule is Cc1ccccc1[C@H](C)NC1CCCC(C)(C)C1. The largest absolute Gasteiger partial charge is 0.307 e. The summed E-state index contributed by atoms with van der Waals surface area (Å²) in [7, 11) is 0. The molecule has 1 aliphatic carbocycles. The van der Waals surface area contributed by atoms with Gasteiger partial charge in [0.1, 0.15) is 0 Å². The molecule has 0 spiro atoms. The zero-order valence-corrected chi connectivity index (χ0v) is 12.3. The van der Waals surface area contributed by atoms with Gasteiger partial charge in [-0.1, -0.05) is 44.5 Å². The maximum atomic E-state index is 3.83. The Morgan fingerprint density at radius 2 is 2.00 bits per heavy atom. The maximum absolute atomic E-state index is 3.83. The lowest BCUT2D eigenvalue weighted by atomic mass is 9.75. The molecule has 1 N–H and O–H groups in total. The van der Waals surface area contributed by atoms with E-state index in [4.69, 9.17) is 0 Å². The molecule has 2 rings (SSSR count). The summed E-state index contributed by atoms with van der Waals surface area (Å²) in [6.07, 6.45) is 5.39. The lowest BCUT2D eigenvalue weighted by Gasteiger charge is -2.37. The Bertz CT molecular complexity index is 394. The third-order valence-electron chi connectivity index (χ3n) is 4.35. The lowest BCUT2D eigenvalue weighted by molar-refractivity contribution is 0.191. The van der Waals surface area contributed by atoms with E-state index >= 15 is 0 Å². The molecule has 0 heterocycles. The van der Waals surface area contributed by atoms with E-state index in [1.54, 1.807) is 0 Å². The van der Waals surface area contributed by atoms with Crippen LogP contribution < -0.4 is 5.32 Å². The van der Waals surface area contributed by atoms with Gasteiger partial charge in [-0.2, -0.15) is 0 Å². The zero-order valence-electron chi connectivity index (χ0n) is 12.3. The number of nitrogens with one attached hydrogen (secondary N) is 1. The summed E-state index contributed by atoms with van der Waals surface area (Å²) in [5.74, 6) is 0. The van der Waals surface area contributed by atoms with Crippen molar-refractivity contribution in [1.29, 1.82) is 0 Å². The predicted octanol–water partition coefficient (Wildman–Crippen LogP) is 4.61. The van der Waals surface area contributed by atoms with Crippen LogP contribution in [0.25, 0.3) is 0 Å². The van der Waals surface area contributed by atoms with Crippen molar-refractivity contribution in [3.05, 3.63) is 35.4 Å². The maximum Gasteiger partial charge on any atom is 0.0296 e. The summed E-state index contributed by atoms with van der Waals surface area (Å²) in [6, 6.07) is 9.87. The zero-order chi connectivity index (χ0) is 13.2. The van der Waals surface area contributed by atoms with Gasteiger partial charge in [0.25, 0.3) is 0 Å². The van der Waals surface area contributed by atoms with E-state index in [1.165, 1.54) is 36.8 Å². The molecule has 1 aliphatic rings. The molecule has 0 amide bonds. The monoisotopic (exact) mass is 245 g/mol. The molecule has 18 heavy (non-hydrogen) atoms. The molecule has 1 nitrogen and oxygen atoms in total. The molecule has 2 atom stereocenters. The van der Waals surface area contributed by atoms with Gasteiger partial charge in [0, 0.05) is 12.1 Å². The third kappa shape index (κ3) is 3.35.